The molecule has 4 aliphatic rings. The minimum Gasteiger partial charge on any atom is -0.461 e. The Labute approximate surface area is 136 Å². The molecule has 0 atom stereocenters. The van der Waals surface area contributed by atoms with Crippen molar-refractivity contribution < 1.29 is 13.9 Å². The number of carbonyl (C=O) groups excluding carboxylic acids is 1. The summed E-state index contributed by atoms with van der Waals surface area (Å²) in [4.78, 5) is 15.0. The van der Waals surface area contributed by atoms with Gasteiger partial charge in [-0.05, 0) is 75.0 Å². The lowest BCUT2D eigenvalue weighted by Gasteiger charge is -2.47. The van der Waals surface area contributed by atoms with Gasteiger partial charge in [0.1, 0.15) is 5.82 Å². The summed E-state index contributed by atoms with van der Waals surface area (Å²) in [5, 5.41) is 0. The molecular weight excluding hydrogens is 293 g/mol. The van der Waals surface area contributed by atoms with Crippen LogP contribution in [0.15, 0.2) is 18.2 Å². The summed E-state index contributed by atoms with van der Waals surface area (Å²) in [7, 11) is 0. The molecule has 2 bridgehead atoms. The van der Waals surface area contributed by atoms with E-state index in [2.05, 4.69) is 4.90 Å². The number of rotatable bonds is 3. The zero-order chi connectivity index (χ0) is 16.0. The van der Waals surface area contributed by atoms with Gasteiger partial charge in [0, 0.05) is 5.41 Å². The van der Waals surface area contributed by atoms with Gasteiger partial charge in [0.05, 0.1) is 12.2 Å². The summed E-state index contributed by atoms with van der Waals surface area (Å²) >= 11 is 0. The van der Waals surface area contributed by atoms with Gasteiger partial charge in [0.2, 0.25) is 0 Å². The second-order valence-corrected chi connectivity index (χ2v) is 7.25. The van der Waals surface area contributed by atoms with Crippen LogP contribution < -0.4 is 0 Å². The Hall–Kier alpha value is -1.68. The Bertz CT molecular complexity index is 673. The van der Waals surface area contributed by atoms with Crippen LogP contribution in [0, 0.1) is 18.2 Å². The lowest BCUT2D eigenvalue weighted by molar-refractivity contribution is -0.143. The molecule has 3 saturated heterocycles. The largest absolute Gasteiger partial charge is 0.461 e. The van der Waals surface area contributed by atoms with Crippen molar-refractivity contribution in [3.8, 4) is 0 Å². The second-order valence-electron chi connectivity index (χ2n) is 7.25. The molecule has 0 radical (unpaired) electrons. The monoisotopic (exact) mass is 315 g/mol. The van der Waals surface area contributed by atoms with Crippen LogP contribution in [-0.2, 0) is 16.0 Å². The lowest BCUT2D eigenvalue weighted by Crippen LogP contribution is -2.50. The summed E-state index contributed by atoms with van der Waals surface area (Å²) in [6, 6.07) is 3.30. The molecule has 3 aliphatic heterocycles. The molecule has 5 rings (SSSR count). The Morgan fingerprint density at radius 1 is 1.26 bits per heavy atom. The van der Waals surface area contributed by atoms with Crippen molar-refractivity contribution in [2.75, 3.05) is 26.2 Å². The number of carbonyl (C=O) groups is 1. The van der Waals surface area contributed by atoms with E-state index in [1.807, 2.05) is 12.1 Å². The van der Waals surface area contributed by atoms with Gasteiger partial charge in [-0.25, -0.2) is 9.18 Å². The number of esters is 1. The molecule has 1 aromatic rings. The fourth-order valence-electron chi connectivity index (χ4n) is 4.09. The van der Waals surface area contributed by atoms with Gasteiger partial charge in [0.15, 0.2) is 0 Å². The number of halogens is 1. The minimum absolute atomic E-state index is 0.172. The van der Waals surface area contributed by atoms with Crippen LogP contribution in [-0.4, -0.2) is 37.1 Å². The van der Waals surface area contributed by atoms with Crippen molar-refractivity contribution >= 4 is 11.5 Å². The molecular formula is C19H22FNO2. The number of fused-ring (bicyclic) bond motifs is 4. The van der Waals surface area contributed by atoms with Gasteiger partial charge >= 0.3 is 5.97 Å². The maximum atomic E-state index is 13.8. The van der Waals surface area contributed by atoms with Crippen LogP contribution in [0.3, 0.4) is 0 Å². The van der Waals surface area contributed by atoms with Crippen molar-refractivity contribution in [2.24, 2.45) is 5.41 Å². The molecule has 0 spiro atoms. The molecule has 1 aliphatic carbocycles. The minimum atomic E-state index is -0.297. The first-order valence-electron chi connectivity index (χ1n) is 8.45. The van der Waals surface area contributed by atoms with Crippen LogP contribution in [0.1, 0.15) is 36.0 Å². The lowest BCUT2D eigenvalue weighted by atomic mass is 9.73. The molecule has 3 nitrogen and oxygen atoms in total. The van der Waals surface area contributed by atoms with Crippen molar-refractivity contribution in [3.63, 3.8) is 0 Å². The number of ether oxygens (including phenoxy) is 1. The maximum absolute atomic E-state index is 13.8. The maximum Gasteiger partial charge on any atom is 0.338 e. The van der Waals surface area contributed by atoms with Crippen LogP contribution in [0.2, 0.25) is 0 Å². The van der Waals surface area contributed by atoms with E-state index in [0.717, 1.165) is 44.5 Å². The molecule has 0 aromatic heterocycles. The summed E-state index contributed by atoms with van der Waals surface area (Å²) in [5.74, 6) is -0.558. The smallest absolute Gasteiger partial charge is 0.338 e. The highest BCUT2D eigenvalue weighted by atomic mass is 19.1. The summed E-state index contributed by atoms with van der Waals surface area (Å²) < 4.78 is 19.5. The van der Waals surface area contributed by atoms with E-state index in [4.69, 9.17) is 4.74 Å². The van der Waals surface area contributed by atoms with E-state index in [0.29, 0.717) is 29.7 Å². The number of nitrogens with zero attached hydrogens (tertiary/aromatic N) is 1. The molecule has 0 unspecified atom stereocenters. The van der Waals surface area contributed by atoms with E-state index in [9.17, 15) is 9.18 Å². The first kappa shape index (κ1) is 14.9. The number of hydrogen-bond donors (Lipinski definition) is 0. The summed E-state index contributed by atoms with van der Waals surface area (Å²) in [6.45, 7) is 5.61. The molecule has 1 aromatic carbocycles. The molecule has 3 heterocycles. The van der Waals surface area contributed by atoms with Gasteiger partial charge in [-0.1, -0.05) is 12.1 Å². The van der Waals surface area contributed by atoms with Gasteiger partial charge < -0.3 is 9.64 Å². The topological polar surface area (TPSA) is 29.5 Å². The third-order valence-electron chi connectivity index (χ3n) is 5.81. The van der Waals surface area contributed by atoms with Crippen LogP contribution in [0.4, 0.5) is 4.39 Å². The fraction of sp³-hybridized carbons (Fsp3) is 0.526. The predicted molar refractivity (Wildman–Crippen MR) is 86.5 cm³/mol. The van der Waals surface area contributed by atoms with E-state index >= 15 is 0 Å². The van der Waals surface area contributed by atoms with Gasteiger partial charge in [-0.3, -0.25) is 0 Å². The van der Waals surface area contributed by atoms with Crippen molar-refractivity contribution in [2.45, 2.75) is 32.6 Å². The highest BCUT2D eigenvalue weighted by Crippen LogP contribution is 2.40. The molecule has 3 fully saturated rings. The Kier molecular flexibility index (Phi) is 3.52. The van der Waals surface area contributed by atoms with Crippen molar-refractivity contribution in [3.05, 3.63) is 40.7 Å². The van der Waals surface area contributed by atoms with E-state index < -0.39 is 0 Å². The Morgan fingerprint density at radius 2 is 1.96 bits per heavy atom. The van der Waals surface area contributed by atoms with Gasteiger partial charge in [-0.15, -0.1) is 0 Å². The molecule has 0 amide bonds. The number of hydrogen-bond acceptors (Lipinski definition) is 3. The van der Waals surface area contributed by atoms with Crippen LogP contribution >= 0.6 is 0 Å². The summed E-state index contributed by atoms with van der Waals surface area (Å²) in [5.41, 5.74) is 3.04. The SMILES string of the molecule is Cc1cc2c(cc1F)C(C(=O)OCC13CCN(CC1)CC3)=CC2. The summed E-state index contributed by atoms with van der Waals surface area (Å²) in [6.07, 6.45) is 5.89. The second kappa shape index (κ2) is 5.45. The number of aryl methyl sites for hydroxylation is 1. The van der Waals surface area contributed by atoms with Crippen molar-refractivity contribution in [1.29, 1.82) is 0 Å². The van der Waals surface area contributed by atoms with Gasteiger partial charge in [-0.2, -0.15) is 0 Å². The molecule has 4 heteroatoms. The third kappa shape index (κ3) is 2.59. The average molecular weight is 315 g/mol. The predicted octanol–water partition coefficient (Wildman–Crippen LogP) is 3.10. The van der Waals surface area contributed by atoms with E-state index in [1.165, 1.54) is 6.07 Å². The van der Waals surface area contributed by atoms with Crippen LogP contribution in [0.5, 0.6) is 0 Å². The number of piperidine rings is 3. The first-order chi connectivity index (χ1) is 11.1. The first-order valence-corrected chi connectivity index (χ1v) is 8.45. The third-order valence-corrected chi connectivity index (χ3v) is 5.81. The quantitative estimate of drug-likeness (QED) is 0.803. The highest BCUT2D eigenvalue weighted by Gasteiger charge is 2.40. The van der Waals surface area contributed by atoms with Crippen LogP contribution in [0.25, 0.3) is 5.57 Å². The number of benzene rings is 1. The van der Waals surface area contributed by atoms with Gasteiger partial charge in [0.25, 0.3) is 0 Å². The molecule has 0 saturated carbocycles. The standard InChI is InChI=1S/C19H22FNO2/c1-13-10-14-2-3-15(16(14)11-17(13)20)18(22)23-12-19-4-7-21(8-5-19)9-6-19/h3,10-11H,2,4-9,12H2,1H3. The molecule has 23 heavy (non-hydrogen) atoms. The van der Waals surface area contributed by atoms with E-state index in [1.54, 1.807) is 6.92 Å². The van der Waals surface area contributed by atoms with E-state index in [-0.39, 0.29) is 17.2 Å². The fourth-order valence-corrected chi connectivity index (χ4v) is 4.09. The highest BCUT2D eigenvalue weighted by molar-refractivity contribution is 6.18. The number of allylic oxidation sites excluding steroid dienone is 1. The zero-order valence-corrected chi connectivity index (χ0v) is 13.5. The normalized spacial score (nSPS) is 28.4. The molecule has 122 valence electrons. The molecule has 0 N–H and O–H groups in total. The average Bonchev–Trinajstić information content (AvgIpc) is 2.98. The Morgan fingerprint density at radius 3 is 2.65 bits per heavy atom. The Balaban J connectivity index is 1.46. The van der Waals surface area contributed by atoms with Crippen molar-refractivity contribution in [1.82, 2.24) is 4.90 Å². The zero-order valence-electron chi connectivity index (χ0n) is 13.5.